The Balaban J connectivity index is 2.00. The van der Waals surface area contributed by atoms with Gasteiger partial charge in [-0.2, -0.15) is 5.10 Å². The lowest BCUT2D eigenvalue weighted by molar-refractivity contribution is 0.0978. The van der Waals surface area contributed by atoms with E-state index >= 15 is 0 Å². The summed E-state index contributed by atoms with van der Waals surface area (Å²) in [6.45, 7) is 0.270. The number of hydrogen-bond acceptors (Lipinski definition) is 4. The fourth-order valence-corrected chi connectivity index (χ4v) is 2.44. The van der Waals surface area contributed by atoms with Gasteiger partial charge in [-0.05, 0) is 42.5 Å². The zero-order valence-corrected chi connectivity index (χ0v) is 14.2. The Morgan fingerprint density at radius 2 is 1.88 bits per heavy atom. The summed E-state index contributed by atoms with van der Waals surface area (Å²) in [5.41, 5.74) is 1.29. The highest BCUT2D eigenvalue weighted by molar-refractivity contribution is 6.30. The van der Waals surface area contributed by atoms with Gasteiger partial charge in [0.25, 0.3) is 11.5 Å². The maximum atomic E-state index is 13.0. The van der Waals surface area contributed by atoms with Crippen LogP contribution in [0.1, 0.15) is 16.2 Å². The Labute approximate surface area is 149 Å². The largest absolute Gasteiger partial charge is 0.301 e. The SMILES string of the molecule is Cn1nc(C(=O)N(Cc2ccccn2)c2ccc(Cl)cc2)ccc1=O. The predicted molar refractivity (Wildman–Crippen MR) is 95.7 cm³/mol. The van der Waals surface area contributed by atoms with E-state index in [0.717, 1.165) is 10.4 Å². The number of pyridine rings is 1. The molecule has 1 aromatic carbocycles. The molecule has 0 radical (unpaired) electrons. The number of halogens is 1. The summed E-state index contributed by atoms with van der Waals surface area (Å²) in [6.07, 6.45) is 1.67. The number of aromatic nitrogens is 3. The Bertz CT molecular complexity index is 939. The van der Waals surface area contributed by atoms with Crippen LogP contribution in [0.3, 0.4) is 0 Å². The number of carbonyl (C=O) groups is 1. The summed E-state index contributed by atoms with van der Waals surface area (Å²) in [4.78, 5) is 30.3. The molecule has 2 aromatic heterocycles. The van der Waals surface area contributed by atoms with E-state index in [1.807, 2.05) is 18.2 Å². The molecule has 3 rings (SSSR count). The van der Waals surface area contributed by atoms with Gasteiger partial charge in [-0.25, -0.2) is 4.68 Å². The zero-order chi connectivity index (χ0) is 17.8. The molecule has 0 aliphatic heterocycles. The molecule has 0 unspecified atom stereocenters. The molecule has 0 saturated heterocycles. The molecule has 0 saturated carbocycles. The molecular weight excluding hydrogens is 340 g/mol. The van der Waals surface area contributed by atoms with E-state index in [4.69, 9.17) is 11.6 Å². The first kappa shape index (κ1) is 16.9. The third-order valence-corrected chi connectivity index (χ3v) is 3.86. The van der Waals surface area contributed by atoms with Crippen LogP contribution in [0, 0.1) is 0 Å². The Morgan fingerprint density at radius 3 is 2.52 bits per heavy atom. The van der Waals surface area contributed by atoms with Gasteiger partial charge in [-0.3, -0.25) is 14.6 Å². The lowest BCUT2D eigenvalue weighted by Gasteiger charge is -2.22. The van der Waals surface area contributed by atoms with Gasteiger partial charge in [0, 0.05) is 30.0 Å². The van der Waals surface area contributed by atoms with Gasteiger partial charge in [-0.1, -0.05) is 17.7 Å². The van der Waals surface area contributed by atoms with Crippen LogP contribution in [0.15, 0.2) is 65.6 Å². The zero-order valence-electron chi connectivity index (χ0n) is 13.5. The summed E-state index contributed by atoms with van der Waals surface area (Å²) in [5, 5.41) is 4.62. The summed E-state index contributed by atoms with van der Waals surface area (Å²) in [5.74, 6) is -0.330. The normalized spacial score (nSPS) is 10.5. The summed E-state index contributed by atoms with van der Waals surface area (Å²) < 4.78 is 1.13. The molecule has 0 fully saturated rings. The molecule has 0 bridgehead atoms. The molecule has 0 aliphatic carbocycles. The molecular formula is C18H15ClN4O2. The summed E-state index contributed by atoms with van der Waals surface area (Å²) in [7, 11) is 1.50. The summed E-state index contributed by atoms with van der Waals surface area (Å²) in [6, 6.07) is 15.2. The molecule has 126 valence electrons. The van der Waals surface area contributed by atoms with Crippen molar-refractivity contribution in [2.24, 2.45) is 7.05 Å². The first-order chi connectivity index (χ1) is 12.0. The van der Waals surface area contributed by atoms with Crippen LogP contribution in [0.25, 0.3) is 0 Å². The van der Waals surface area contributed by atoms with E-state index in [1.165, 1.54) is 19.2 Å². The number of anilines is 1. The quantitative estimate of drug-likeness (QED) is 0.722. The van der Waals surface area contributed by atoms with E-state index in [-0.39, 0.29) is 23.7 Å². The van der Waals surface area contributed by atoms with E-state index in [1.54, 1.807) is 35.4 Å². The Kier molecular flexibility index (Phi) is 4.90. The molecule has 0 aliphatic rings. The predicted octanol–water partition coefficient (Wildman–Crippen LogP) is 2.68. The van der Waals surface area contributed by atoms with Gasteiger partial charge in [0.15, 0.2) is 0 Å². The van der Waals surface area contributed by atoms with Crippen LogP contribution in [-0.2, 0) is 13.6 Å². The Hall–Kier alpha value is -2.99. The van der Waals surface area contributed by atoms with Crippen LogP contribution in [0.4, 0.5) is 5.69 Å². The van der Waals surface area contributed by atoms with Crippen LogP contribution < -0.4 is 10.5 Å². The second kappa shape index (κ2) is 7.27. The minimum Gasteiger partial charge on any atom is -0.301 e. The lowest BCUT2D eigenvalue weighted by Crippen LogP contribution is -2.33. The van der Waals surface area contributed by atoms with Crippen molar-refractivity contribution >= 4 is 23.2 Å². The van der Waals surface area contributed by atoms with Crippen LogP contribution >= 0.6 is 11.6 Å². The standard InChI is InChI=1S/C18H15ClN4O2/c1-22-17(24)10-9-16(21-22)18(25)23(12-14-4-2-3-11-20-14)15-7-5-13(19)6-8-15/h2-11H,12H2,1H3. The first-order valence-corrected chi connectivity index (χ1v) is 7.94. The van der Waals surface area contributed by atoms with Gasteiger partial charge < -0.3 is 4.90 Å². The summed E-state index contributed by atoms with van der Waals surface area (Å²) >= 11 is 5.95. The Morgan fingerprint density at radius 1 is 1.12 bits per heavy atom. The van der Waals surface area contributed by atoms with E-state index in [2.05, 4.69) is 10.1 Å². The highest BCUT2D eigenvalue weighted by Gasteiger charge is 2.20. The minimum atomic E-state index is -0.330. The molecule has 1 amide bonds. The van der Waals surface area contributed by atoms with E-state index in [9.17, 15) is 9.59 Å². The topological polar surface area (TPSA) is 68.1 Å². The third kappa shape index (κ3) is 3.92. The fourth-order valence-electron chi connectivity index (χ4n) is 2.31. The second-order valence-electron chi connectivity index (χ2n) is 5.37. The number of amides is 1. The number of benzene rings is 1. The monoisotopic (exact) mass is 354 g/mol. The molecule has 7 heteroatoms. The van der Waals surface area contributed by atoms with Crippen molar-refractivity contribution in [3.8, 4) is 0 Å². The molecule has 3 aromatic rings. The molecule has 25 heavy (non-hydrogen) atoms. The maximum Gasteiger partial charge on any atom is 0.279 e. The maximum absolute atomic E-state index is 13.0. The van der Waals surface area contributed by atoms with Gasteiger partial charge >= 0.3 is 0 Å². The fraction of sp³-hybridized carbons (Fsp3) is 0.111. The van der Waals surface area contributed by atoms with Gasteiger partial charge in [0.1, 0.15) is 5.69 Å². The van der Waals surface area contributed by atoms with Crippen molar-refractivity contribution < 1.29 is 4.79 Å². The lowest BCUT2D eigenvalue weighted by atomic mass is 10.2. The second-order valence-corrected chi connectivity index (χ2v) is 5.81. The molecule has 6 nitrogen and oxygen atoms in total. The van der Waals surface area contributed by atoms with Crippen LogP contribution in [0.2, 0.25) is 5.02 Å². The van der Waals surface area contributed by atoms with Crippen molar-refractivity contribution in [3.63, 3.8) is 0 Å². The minimum absolute atomic E-state index is 0.174. The van der Waals surface area contributed by atoms with Crippen molar-refractivity contribution in [1.82, 2.24) is 14.8 Å². The van der Waals surface area contributed by atoms with Gasteiger partial charge in [-0.15, -0.1) is 0 Å². The van der Waals surface area contributed by atoms with Crippen LogP contribution in [0.5, 0.6) is 0 Å². The first-order valence-electron chi connectivity index (χ1n) is 7.56. The molecule has 0 N–H and O–H groups in total. The van der Waals surface area contributed by atoms with Crippen LogP contribution in [-0.4, -0.2) is 20.7 Å². The number of aryl methyl sites for hydroxylation is 1. The van der Waals surface area contributed by atoms with Crippen molar-refractivity contribution in [3.05, 3.63) is 87.6 Å². The molecule has 2 heterocycles. The van der Waals surface area contributed by atoms with E-state index in [0.29, 0.717) is 10.7 Å². The molecule has 0 spiro atoms. The van der Waals surface area contributed by atoms with Gasteiger partial charge in [0.05, 0.1) is 12.2 Å². The molecule has 0 atom stereocenters. The average Bonchev–Trinajstić information content (AvgIpc) is 2.63. The highest BCUT2D eigenvalue weighted by Crippen LogP contribution is 2.21. The number of carbonyl (C=O) groups excluding carboxylic acids is 1. The number of rotatable bonds is 4. The van der Waals surface area contributed by atoms with E-state index < -0.39 is 0 Å². The van der Waals surface area contributed by atoms with Gasteiger partial charge in [0.2, 0.25) is 0 Å². The highest BCUT2D eigenvalue weighted by atomic mass is 35.5. The van der Waals surface area contributed by atoms with Crippen molar-refractivity contribution in [2.45, 2.75) is 6.54 Å². The average molecular weight is 355 g/mol. The number of nitrogens with zero attached hydrogens (tertiary/aromatic N) is 4. The van der Waals surface area contributed by atoms with Crippen molar-refractivity contribution in [2.75, 3.05) is 4.90 Å². The smallest absolute Gasteiger partial charge is 0.279 e. The third-order valence-electron chi connectivity index (χ3n) is 3.61. The number of hydrogen-bond donors (Lipinski definition) is 0. The van der Waals surface area contributed by atoms with Crippen molar-refractivity contribution in [1.29, 1.82) is 0 Å².